The van der Waals surface area contributed by atoms with Gasteiger partial charge < -0.3 is 14.4 Å². The molecule has 7 heteroatoms. The van der Waals surface area contributed by atoms with E-state index in [0.29, 0.717) is 38.5 Å². The van der Waals surface area contributed by atoms with E-state index in [2.05, 4.69) is 5.43 Å². The summed E-state index contributed by atoms with van der Waals surface area (Å²) >= 11 is 0. The van der Waals surface area contributed by atoms with Crippen molar-refractivity contribution in [3.63, 3.8) is 0 Å². The minimum atomic E-state index is -0.887. The van der Waals surface area contributed by atoms with Gasteiger partial charge in [-0.05, 0) is 31.6 Å². The Hall–Kier alpha value is -1.34. The fourth-order valence-corrected chi connectivity index (χ4v) is 2.24. The number of nitrogens with two attached hydrogens (primary N) is 1. The summed E-state index contributed by atoms with van der Waals surface area (Å²) in [6.07, 6.45) is 2.84. The van der Waals surface area contributed by atoms with Crippen molar-refractivity contribution in [3.8, 4) is 0 Å². The largest absolute Gasteiger partial charge is 0.468 e. The summed E-state index contributed by atoms with van der Waals surface area (Å²) in [5.74, 6) is 5.62. The van der Waals surface area contributed by atoms with Crippen molar-refractivity contribution in [1.29, 1.82) is 0 Å². The van der Waals surface area contributed by atoms with Gasteiger partial charge in [0.05, 0.1) is 13.7 Å². The molecule has 7 nitrogen and oxygen atoms in total. The summed E-state index contributed by atoms with van der Waals surface area (Å²) in [6.45, 7) is 1.37. The van der Waals surface area contributed by atoms with Crippen molar-refractivity contribution >= 4 is 12.1 Å². The molecule has 19 heavy (non-hydrogen) atoms. The molecule has 1 amide bonds. The van der Waals surface area contributed by atoms with Crippen molar-refractivity contribution in [3.05, 3.63) is 0 Å². The molecular formula is C12H21N3O4. The lowest BCUT2D eigenvalue weighted by atomic mass is 9.88. The lowest BCUT2D eigenvalue weighted by Crippen LogP contribution is -2.61. The molecule has 1 aliphatic carbocycles. The van der Waals surface area contributed by atoms with Crippen LogP contribution in [0, 0.1) is 5.92 Å². The number of methoxy groups -OCH3 is 1. The number of rotatable bonds is 4. The molecule has 0 bridgehead atoms. The molecule has 1 saturated carbocycles. The van der Waals surface area contributed by atoms with Crippen LogP contribution < -0.4 is 11.3 Å². The number of nitrogens with one attached hydrogen (secondary N) is 1. The standard InChI is InChI=1S/C12H21N3O4/c1-18-10(16)12(14-13)4-6-15(7-5-12)11(17)19-8-9-2-3-9/h9,14H,2-8,13H2,1H3. The molecule has 2 aliphatic rings. The molecule has 3 N–H and O–H groups in total. The van der Waals surface area contributed by atoms with E-state index in [1.54, 1.807) is 4.90 Å². The molecule has 1 saturated heterocycles. The Morgan fingerprint density at radius 1 is 1.37 bits per heavy atom. The zero-order valence-corrected chi connectivity index (χ0v) is 11.2. The van der Waals surface area contributed by atoms with Crippen LogP contribution >= 0.6 is 0 Å². The average molecular weight is 271 g/mol. The average Bonchev–Trinajstić information content (AvgIpc) is 3.28. The molecule has 0 radical (unpaired) electrons. The van der Waals surface area contributed by atoms with Crippen LogP contribution in [0.4, 0.5) is 4.79 Å². The Bertz CT molecular complexity index is 349. The molecule has 1 heterocycles. The van der Waals surface area contributed by atoms with Crippen molar-refractivity contribution in [2.45, 2.75) is 31.2 Å². The fraction of sp³-hybridized carbons (Fsp3) is 0.833. The van der Waals surface area contributed by atoms with Crippen LogP contribution in [-0.4, -0.2) is 49.3 Å². The number of nitrogens with zero attached hydrogens (tertiary/aromatic N) is 1. The minimum absolute atomic E-state index is 0.303. The maximum atomic E-state index is 11.8. The molecule has 0 aromatic carbocycles. The Morgan fingerprint density at radius 3 is 2.47 bits per heavy atom. The quantitative estimate of drug-likeness (QED) is 0.425. The number of esters is 1. The number of carbonyl (C=O) groups excluding carboxylic acids is 2. The smallest absolute Gasteiger partial charge is 0.409 e. The molecular weight excluding hydrogens is 250 g/mol. The van der Waals surface area contributed by atoms with Gasteiger partial charge in [-0.2, -0.15) is 0 Å². The third-order valence-corrected chi connectivity index (χ3v) is 3.87. The van der Waals surface area contributed by atoms with Gasteiger partial charge in [-0.25, -0.2) is 10.2 Å². The molecule has 0 atom stereocenters. The van der Waals surface area contributed by atoms with Gasteiger partial charge in [0.15, 0.2) is 0 Å². The predicted molar refractivity (Wildman–Crippen MR) is 66.9 cm³/mol. The van der Waals surface area contributed by atoms with Crippen molar-refractivity contribution in [2.24, 2.45) is 11.8 Å². The summed E-state index contributed by atoms with van der Waals surface area (Å²) < 4.78 is 9.96. The summed E-state index contributed by atoms with van der Waals surface area (Å²) in [5, 5.41) is 0. The molecule has 0 spiro atoms. The van der Waals surface area contributed by atoms with Crippen LogP contribution in [0.1, 0.15) is 25.7 Å². The molecule has 2 rings (SSSR count). The fourth-order valence-electron chi connectivity index (χ4n) is 2.24. The predicted octanol–water partition coefficient (Wildman–Crippen LogP) is 0.00390. The van der Waals surface area contributed by atoms with Gasteiger partial charge in [-0.1, -0.05) is 0 Å². The van der Waals surface area contributed by atoms with E-state index >= 15 is 0 Å². The summed E-state index contributed by atoms with van der Waals surface area (Å²) in [5.41, 5.74) is 1.65. The maximum Gasteiger partial charge on any atom is 0.409 e. The first-order valence-corrected chi connectivity index (χ1v) is 6.59. The second-order valence-electron chi connectivity index (χ2n) is 5.23. The van der Waals surface area contributed by atoms with E-state index < -0.39 is 5.54 Å². The topological polar surface area (TPSA) is 93.9 Å². The minimum Gasteiger partial charge on any atom is -0.468 e. The SMILES string of the molecule is COC(=O)C1(NN)CCN(C(=O)OCC2CC2)CC1. The zero-order chi connectivity index (χ0) is 13.9. The van der Waals surface area contributed by atoms with Crippen LogP contribution in [0.5, 0.6) is 0 Å². The number of carbonyl (C=O) groups is 2. The zero-order valence-electron chi connectivity index (χ0n) is 11.2. The first-order chi connectivity index (χ1) is 9.11. The van der Waals surface area contributed by atoms with E-state index in [4.69, 9.17) is 15.3 Å². The number of hydrogen-bond acceptors (Lipinski definition) is 6. The number of hydrogen-bond donors (Lipinski definition) is 2. The highest BCUT2D eigenvalue weighted by Crippen LogP contribution is 2.29. The number of amides is 1. The third-order valence-electron chi connectivity index (χ3n) is 3.87. The molecule has 2 fully saturated rings. The second kappa shape index (κ2) is 5.75. The molecule has 0 aromatic rings. The summed E-state index contributed by atoms with van der Waals surface area (Å²) in [7, 11) is 1.33. The monoisotopic (exact) mass is 271 g/mol. The summed E-state index contributed by atoms with van der Waals surface area (Å²) in [4.78, 5) is 25.1. The van der Waals surface area contributed by atoms with Gasteiger partial charge in [0, 0.05) is 13.1 Å². The van der Waals surface area contributed by atoms with Crippen LogP contribution in [0.2, 0.25) is 0 Å². The number of piperidine rings is 1. The van der Waals surface area contributed by atoms with E-state index in [9.17, 15) is 9.59 Å². The van der Waals surface area contributed by atoms with E-state index in [1.165, 1.54) is 7.11 Å². The Kier molecular flexibility index (Phi) is 4.26. The van der Waals surface area contributed by atoms with E-state index in [-0.39, 0.29) is 12.1 Å². The van der Waals surface area contributed by atoms with Crippen molar-refractivity contribution < 1.29 is 19.1 Å². The Morgan fingerprint density at radius 2 is 2.00 bits per heavy atom. The first kappa shape index (κ1) is 14.1. The van der Waals surface area contributed by atoms with Gasteiger partial charge in [0.1, 0.15) is 5.54 Å². The van der Waals surface area contributed by atoms with Gasteiger partial charge in [0.2, 0.25) is 0 Å². The second-order valence-corrected chi connectivity index (χ2v) is 5.23. The number of likely N-dealkylation sites (tertiary alicyclic amines) is 1. The Labute approximate surface area is 112 Å². The van der Waals surface area contributed by atoms with Crippen molar-refractivity contribution in [1.82, 2.24) is 10.3 Å². The lowest BCUT2D eigenvalue weighted by molar-refractivity contribution is -0.150. The molecule has 0 aromatic heterocycles. The summed E-state index contributed by atoms with van der Waals surface area (Å²) in [6, 6.07) is 0. The highest BCUT2D eigenvalue weighted by molar-refractivity contribution is 5.81. The van der Waals surface area contributed by atoms with Crippen LogP contribution in [-0.2, 0) is 14.3 Å². The van der Waals surface area contributed by atoms with Crippen LogP contribution in [0.3, 0.4) is 0 Å². The molecule has 108 valence electrons. The first-order valence-electron chi connectivity index (χ1n) is 6.59. The van der Waals surface area contributed by atoms with Gasteiger partial charge in [0.25, 0.3) is 0 Å². The van der Waals surface area contributed by atoms with Crippen molar-refractivity contribution in [2.75, 3.05) is 26.8 Å². The normalized spacial score (nSPS) is 21.9. The third kappa shape index (κ3) is 3.16. The van der Waals surface area contributed by atoms with Gasteiger partial charge in [-0.3, -0.25) is 10.6 Å². The Balaban J connectivity index is 1.82. The van der Waals surface area contributed by atoms with Gasteiger partial charge >= 0.3 is 12.1 Å². The van der Waals surface area contributed by atoms with E-state index in [1.807, 2.05) is 0 Å². The van der Waals surface area contributed by atoms with Crippen LogP contribution in [0.25, 0.3) is 0 Å². The number of hydrazine groups is 1. The van der Waals surface area contributed by atoms with E-state index in [0.717, 1.165) is 12.8 Å². The lowest BCUT2D eigenvalue weighted by Gasteiger charge is -2.38. The number of ether oxygens (including phenoxy) is 2. The molecule has 0 unspecified atom stereocenters. The highest BCUT2D eigenvalue weighted by atomic mass is 16.6. The molecule has 1 aliphatic heterocycles. The maximum absolute atomic E-state index is 11.8. The van der Waals surface area contributed by atoms with Gasteiger partial charge in [-0.15, -0.1) is 0 Å². The highest BCUT2D eigenvalue weighted by Gasteiger charge is 2.43. The van der Waals surface area contributed by atoms with Crippen LogP contribution in [0.15, 0.2) is 0 Å².